The Bertz CT molecular complexity index is 1020. The van der Waals surface area contributed by atoms with Crippen molar-refractivity contribution in [2.24, 2.45) is 5.73 Å². The van der Waals surface area contributed by atoms with Crippen LogP contribution in [-0.2, 0) is 11.2 Å². The first kappa shape index (κ1) is 17.2. The van der Waals surface area contributed by atoms with Gasteiger partial charge in [0.05, 0.1) is 0 Å². The van der Waals surface area contributed by atoms with Gasteiger partial charge in [-0.15, -0.1) is 0 Å². The minimum atomic E-state index is -0.634. The second-order valence-corrected chi connectivity index (χ2v) is 6.83. The van der Waals surface area contributed by atoms with Crippen LogP contribution in [0.4, 0.5) is 4.39 Å². The Morgan fingerprint density at radius 2 is 2.00 bits per heavy atom. The van der Waals surface area contributed by atoms with Gasteiger partial charge in [-0.3, -0.25) is 9.59 Å². The summed E-state index contributed by atoms with van der Waals surface area (Å²) in [4.78, 5) is 25.5. The van der Waals surface area contributed by atoms with Gasteiger partial charge in [0.1, 0.15) is 5.82 Å². The van der Waals surface area contributed by atoms with Crippen LogP contribution in [0.2, 0.25) is 0 Å². The quantitative estimate of drug-likeness (QED) is 0.723. The van der Waals surface area contributed by atoms with Crippen LogP contribution in [0.15, 0.2) is 49.2 Å². The Kier molecular flexibility index (Phi) is 4.15. The summed E-state index contributed by atoms with van der Waals surface area (Å²) < 4.78 is 15.2. The van der Waals surface area contributed by atoms with Gasteiger partial charge in [-0.2, -0.15) is 0 Å². The van der Waals surface area contributed by atoms with Crippen LogP contribution in [0.1, 0.15) is 39.9 Å². The standard InChI is InChI=1S/C22H19FN2O2/c1-2-19(26)25-9-5-7-14(12-25)20-18(23)11-17(22(24)27)16-10-13-6-3-4-8-15(13)21(16)20/h2-4,6,8,11-12H,1,5,7,9-10H2,(H2,24,27). The Hall–Kier alpha value is -3.21. The number of rotatable bonds is 3. The van der Waals surface area contributed by atoms with Gasteiger partial charge in [-0.1, -0.05) is 30.8 Å². The van der Waals surface area contributed by atoms with Crippen molar-refractivity contribution in [1.29, 1.82) is 0 Å². The molecule has 2 aliphatic rings. The Balaban J connectivity index is 1.97. The molecule has 2 aromatic carbocycles. The van der Waals surface area contributed by atoms with Crippen LogP contribution in [0, 0.1) is 5.82 Å². The fourth-order valence-corrected chi connectivity index (χ4v) is 4.05. The van der Waals surface area contributed by atoms with Crippen LogP contribution in [-0.4, -0.2) is 23.3 Å². The maximum Gasteiger partial charge on any atom is 0.249 e. The Morgan fingerprint density at radius 1 is 1.22 bits per heavy atom. The normalized spacial score (nSPS) is 15.0. The maximum atomic E-state index is 15.2. The average Bonchev–Trinajstić information content (AvgIpc) is 3.06. The number of nitrogens with two attached hydrogens (primary N) is 1. The van der Waals surface area contributed by atoms with Gasteiger partial charge in [0.25, 0.3) is 0 Å². The fourth-order valence-electron chi connectivity index (χ4n) is 4.05. The SMILES string of the molecule is C=CC(=O)N1C=C(c2c(F)cc(C(N)=O)c3c2-c2ccccc2C3)CCC1. The highest BCUT2D eigenvalue weighted by atomic mass is 19.1. The zero-order chi connectivity index (χ0) is 19.1. The molecule has 2 amide bonds. The van der Waals surface area contributed by atoms with E-state index in [1.54, 1.807) is 11.1 Å². The molecule has 136 valence electrons. The second-order valence-electron chi connectivity index (χ2n) is 6.83. The lowest BCUT2D eigenvalue weighted by atomic mass is 9.88. The molecule has 0 atom stereocenters. The third-order valence-electron chi connectivity index (χ3n) is 5.24. The molecule has 27 heavy (non-hydrogen) atoms. The minimum Gasteiger partial charge on any atom is -0.366 e. The van der Waals surface area contributed by atoms with Gasteiger partial charge in [0.15, 0.2) is 0 Å². The van der Waals surface area contributed by atoms with E-state index in [9.17, 15) is 9.59 Å². The molecule has 2 aromatic rings. The number of carbonyl (C=O) groups is 2. The summed E-state index contributed by atoms with van der Waals surface area (Å²) in [5.41, 5.74) is 10.4. The lowest BCUT2D eigenvalue weighted by Crippen LogP contribution is -2.28. The van der Waals surface area contributed by atoms with Crippen molar-refractivity contribution in [3.63, 3.8) is 0 Å². The van der Waals surface area contributed by atoms with Gasteiger partial charge in [0, 0.05) is 23.9 Å². The highest BCUT2D eigenvalue weighted by Gasteiger charge is 2.30. The molecule has 0 unspecified atom stereocenters. The number of fused-ring (bicyclic) bond motifs is 3. The molecule has 1 aliphatic heterocycles. The van der Waals surface area contributed by atoms with E-state index in [0.29, 0.717) is 24.9 Å². The summed E-state index contributed by atoms with van der Waals surface area (Å²) in [5, 5.41) is 0. The van der Waals surface area contributed by atoms with Crippen molar-refractivity contribution in [2.75, 3.05) is 6.54 Å². The molecular formula is C22H19FN2O2. The van der Waals surface area contributed by atoms with E-state index in [-0.39, 0.29) is 11.5 Å². The van der Waals surface area contributed by atoms with Gasteiger partial charge < -0.3 is 10.6 Å². The summed E-state index contributed by atoms with van der Waals surface area (Å²) in [5.74, 6) is -1.33. The van der Waals surface area contributed by atoms with Crippen molar-refractivity contribution in [3.05, 3.63) is 77.3 Å². The van der Waals surface area contributed by atoms with Gasteiger partial charge in [0.2, 0.25) is 11.8 Å². The molecule has 4 rings (SSSR count). The van der Waals surface area contributed by atoms with E-state index in [1.807, 2.05) is 24.3 Å². The highest BCUT2D eigenvalue weighted by Crippen LogP contribution is 2.45. The van der Waals surface area contributed by atoms with Crippen LogP contribution in [0.3, 0.4) is 0 Å². The third kappa shape index (κ3) is 2.76. The van der Waals surface area contributed by atoms with Crippen molar-refractivity contribution in [2.45, 2.75) is 19.3 Å². The molecule has 2 N–H and O–H groups in total. The predicted octanol–water partition coefficient (Wildman–Crippen LogP) is 3.65. The average molecular weight is 362 g/mol. The molecule has 0 aromatic heterocycles. The highest BCUT2D eigenvalue weighted by molar-refractivity contribution is 6.01. The number of hydrogen-bond donors (Lipinski definition) is 1. The van der Waals surface area contributed by atoms with Gasteiger partial charge in [-0.25, -0.2) is 4.39 Å². The third-order valence-corrected chi connectivity index (χ3v) is 5.24. The maximum absolute atomic E-state index is 15.2. The van der Waals surface area contributed by atoms with E-state index < -0.39 is 11.7 Å². The Morgan fingerprint density at radius 3 is 2.74 bits per heavy atom. The molecule has 5 heteroatoms. The summed E-state index contributed by atoms with van der Waals surface area (Å²) in [6, 6.07) is 8.97. The molecule has 0 saturated carbocycles. The van der Waals surface area contributed by atoms with Crippen molar-refractivity contribution >= 4 is 17.4 Å². The number of carbonyl (C=O) groups excluding carboxylic acids is 2. The summed E-state index contributed by atoms with van der Waals surface area (Å²) in [7, 11) is 0. The number of allylic oxidation sites excluding steroid dienone is 1. The van der Waals surface area contributed by atoms with Crippen molar-refractivity contribution in [1.82, 2.24) is 4.90 Å². The van der Waals surface area contributed by atoms with Crippen molar-refractivity contribution < 1.29 is 14.0 Å². The molecule has 4 nitrogen and oxygen atoms in total. The second kappa shape index (κ2) is 6.50. The number of hydrogen-bond acceptors (Lipinski definition) is 2. The molecular weight excluding hydrogens is 343 g/mol. The summed E-state index contributed by atoms with van der Waals surface area (Å²) in [6.07, 6.45) is 4.89. The molecule has 0 saturated heterocycles. The van der Waals surface area contributed by atoms with E-state index in [0.717, 1.165) is 34.2 Å². The first-order valence-corrected chi connectivity index (χ1v) is 8.88. The zero-order valence-corrected chi connectivity index (χ0v) is 14.8. The minimum absolute atomic E-state index is 0.210. The van der Waals surface area contributed by atoms with Gasteiger partial charge >= 0.3 is 0 Å². The monoisotopic (exact) mass is 362 g/mol. The fraction of sp³-hybridized carbons (Fsp3) is 0.182. The van der Waals surface area contributed by atoms with E-state index in [1.165, 1.54) is 12.1 Å². The first-order valence-electron chi connectivity index (χ1n) is 8.88. The molecule has 0 radical (unpaired) electrons. The predicted molar refractivity (Wildman–Crippen MR) is 102 cm³/mol. The zero-order valence-electron chi connectivity index (χ0n) is 14.8. The van der Waals surface area contributed by atoms with Gasteiger partial charge in [-0.05, 0) is 59.2 Å². The van der Waals surface area contributed by atoms with Crippen molar-refractivity contribution in [3.8, 4) is 11.1 Å². The smallest absolute Gasteiger partial charge is 0.249 e. The molecule has 0 fully saturated rings. The molecule has 1 heterocycles. The number of primary amides is 1. The lowest BCUT2D eigenvalue weighted by molar-refractivity contribution is -0.123. The molecule has 0 bridgehead atoms. The van der Waals surface area contributed by atoms with Crippen LogP contribution >= 0.6 is 0 Å². The molecule has 0 spiro atoms. The first-order chi connectivity index (χ1) is 13.0. The number of halogens is 1. The van der Waals surface area contributed by atoms with Crippen LogP contribution in [0.25, 0.3) is 16.7 Å². The summed E-state index contributed by atoms with van der Waals surface area (Å²) in [6.45, 7) is 4.10. The topological polar surface area (TPSA) is 63.4 Å². The van der Waals surface area contributed by atoms with E-state index in [2.05, 4.69) is 6.58 Å². The van der Waals surface area contributed by atoms with E-state index >= 15 is 4.39 Å². The number of nitrogens with zero attached hydrogens (tertiary/aromatic N) is 1. The Labute approximate surface area is 156 Å². The van der Waals surface area contributed by atoms with Crippen LogP contribution < -0.4 is 5.73 Å². The van der Waals surface area contributed by atoms with E-state index in [4.69, 9.17) is 5.73 Å². The molecule has 1 aliphatic carbocycles. The summed E-state index contributed by atoms with van der Waals surface area (Å²) >= 11 is 0. The lowest BCUT2D eigenvalue weighted by Gasteiger charge is -2.26. The number of amides is 2. The van der Waals surface area contributed by atoms with Crippen LogP contribution in [0.5, 0.6) is 0 Å². The largest absolute Gasteiger partial charge is 0.366 e. The number of benzene rings is 2.